The molecule has 0 aliphatic carbocycles. The molecule has 0 aliphatic heterocycles. The average Bonchev–Trinajstić information content (AvgIpc) is 3.06. The summed E-state index contributed by atoms with van der Waals surface area (Å²) in [5.41, 5.74) is 1.19. The normalized spacial score (nSPS) is 11.3. The molecule has 0 aromatic heterocycles. The number of carbonyl (C=O) groups is 4. The van der Waals surface area contributed by atoms with Crippen LogP contribution in [0.4, 0.5) is 10.5 Å². The lowest BCUT2D eigenvalue weighted by Gasteiger charge is -2.19. The third kappa shape index (κ3) is 11.5. The number of sulfonamides is 1. The van der Waals surface area contributed by atoms with Gasteiger partial charge < -0.3 is 24.8 Å². The van der Waals surface area contributed by atoms with Gasteiger partial charge in [0.1, 0.15) is 24.1 Å². The summed E-state index contributed by atoms with van der Waals surface area (Å²) in [5.74, 6) is -1.76. The lowest BCUT2D eigenvalue weighted by molar-refractivity contribution is -0.132. The van der Waals surface area contributed by atoms with Crippen LogP contribution in [0.3, 0.4) is 0 Å². The van der Waals surface area contributed by atoms with Crippen LogP contribution in [0.1, 0.15) is 24.1 Å². The number of carbonyl (C=O) groups excluding carboxylic acids is 4. The Kier molecular flexibility index (Phi) is 13.3. The van der Waals surface area contributed by atoms with Crippen LogP contribution in [-0.2, 0) is 35.8 Å². The number of ether oxygens (including phenoxy) is 3. The van der Waals surface area contributed by atoms with Crippen molar-refractivity contribution >= 4 is 84.4 Å². The van der Waals surface area contributed by atoms with Gasteiger partial charge in [-0.2, -0.15) is 0 Å². The molecular formula is C33H28BrClN4O9S2. The fourth-order valence-electron chi connectivity index (χ4n) is 4.11. The van der Waals surface area contributed by atoms with E-state index in [-0.39, 0.29) is 34.5 Å². The van der Waals surface area contributed by atoms with Gasteiger partial charge in [-0.05, 0) is 77.9 Å². The van der Waals surface area contributed by atoms with Gasteiger partial charge in [-0.3, -0.25) is 19.7 Å². The van der Waals surface area contributed by atoms with E-state index in [0.717, 1.165) is 4.47 Å². The number of hydrogen-bond donors (Lipinski definition) is 4. The molecule has 4 rings (SSSR count). The van der Waals surface area contributed by atoms with Crippen molar-refractivity contribution in [2.24, 2.45) is 0 Å². The standard InChI is InChI=1S/C33H28BrClN4O9S2/c1-20(40)48-25-12-7-22(8-13-25)30(38-33(43)47-18-21-5-3-2-4-6-21)31(42)39-50(44,45)26-14-10-24(11-15-26)36-32(49)37-29(41)19-46-28-16-9-23(34)17-27(28)35/h2-17,30H,18-19H2,1H3,(H,38,43)(H,39,42)(H2,36,37,41,49)/t30-/m0/s1. The number of nitrogens with one attached hydrogen (secondary N) is 4. The predicted molar refractivity (Wildman–Crippen MR) is 191 cm³/mol. The highest BCUT2D eigenvalue weighted by Crippen LogP contribution is 2.27. The van der Waals surface area contributed by atoms with Crippen molar-refractivity contribution in [1.82, 2.24) is 15.4 Å². The number of rotatable bonds is 12. The zero-order valence-corrected chi connectivity index (χ0v) is 30.0. The number of esters is 1. The van der Waals surface area contributed by atoms with Gasteiger partial charge in [0.15, 0.2) is 11.7 Å². The second kappa shape index (κ2) is 17.6. The number of benzene rings is 4. The summed E-state index contributed by atoms with van der Waals surface area (Å²) in [6.45, 7) is 0.734. The molecule has 0 spiro atoms. The summed E-state index contributed by atoms with van der Waals surface area (Å²) < 4.78 is 44.7. The Bertz CT molecular complexity index is 1980. The van der Waals surface area contributed by atoms with Gasteiger partial charge in [0.25, 0.3) is 21.8 Å². The van der Waals surface area contributed by atoms with Crippen LogP contribution in [0.15, 0.2) is 106 Å². The molecule has 4 N–H and O–H groups in total. The van der Waals surface area contributed by atoms with Gasteiger partial charge in [-0.25, -0.2) is 17.9 Å². The maximum absolute atomic E-state index is 13.4. The highest BCUT2D eigenvalue weighted by Gasteiger charge is 2.28. The summed E-state index contributed by atoms with van der Waals surface area (Å²) in [5, 5.41) is 7.79. The summed E-state index contributed by atoms with van der Waals surface area (Å²) in [4.78, 5) is 49.3. The second-order valence-electron chi connectivity index (χ2n) is 10.2. The fraction of sp³-hybridized carbons (Fsp3) is 0.121. The Labute approximate surface area is 305 Å². The van der Waals surface area contributed by atoms with E-state index in [1.165, 1.54) is 55.5 Å². The monoisotopic (exact) mass is 802 g/mol. The largest absolute Gasteiger partial charge is 0.482 e. The van der Waals surface area contributed by atoms with Crippen LogP contribution in [0.25, 0.3) is 0 Å². The lowest BCUT2D eigenvalue weighted by atomic mass is 10.1. The number of thiocarbonyl (C=S) groups is 1. The van der Waals surface area contributed by atoms with Gasteiger partial charge in [-0.1, -0.05) is 70.0 Å². The smallest absolute Gasteiger partial charge is 0.408 e. The molecule has 4 aromatic rings. The molecule has 0 aliphatic rings. The van der Waals surface area contributed by atoms with E-state index in [1.807, 2.05) is 4.72 Å². The van der Waals surface area contributed by atoms with Gasteiger partial charge in [0.05, 0.1) is 9.92 Å². The highest BCUT2D eigenvalue weighted by molar-refractivity contribution is 9.10. The summed E-state index contributed by atoms with van der Waals surface area (Å²) >= 11 is 14.5. The number of halogens is 2. The van der Waals surface area contributed by atoms with Gasteiger partial charge in [0, 0.05) is 17.1 Å². The van der Waals surface area contributed by atoms with E-state index in [9.17, 15) is 27.6 Å². The molecule has 0 bridgehead atoms. The first-order valence-corrected chi connectivity index (χ1v) is 17.5. The van der Waals surface area contributed by atoms with Crippen molar-refractivity contribution in [2.75, 3.05) is 11.9 Å². The van der Waals surface area contributed by atoms with Crippen molar-refractivity contribution in [2.45, 2.75) is 24.5 Å². The summed E-state index contributed by atoms with van der Waals surface area (Å²) in [6.07, 6.45) is -0.988. The molecule has 0 radical (unpaired) electrons. The van der Waals surface area contributed by atoms with Crippen molar-refractivity contribution in [1.29, 1.82) is 0 Å². The molecule has 0 fully saturated rings. The number of alkyl carbamates (subject to hydrolysis) is 1. The van der Waals surface area contributed by atoms with Crippen molar-refractivity contribution in [3.8, 4) is 11.5 Å². The minimum absolute atomic E-state index is 0.0859. The molecule has 3 amide bonds. The van der Waals surface area contributed by atoms with E-state index in [4.69, 9.17) is 38.0 Å². The Hall–Kier alpha value is -5.03. The maximum Gasteiger partial charge on any atom is 0.408 e. The van der Waals surface area contributed by atoms with Crippen LogP contribution in [0.2, 0.25) is 5.02 Å². The third-order valence-corrected chi connectivity index (χ3v) is 8.73. The van der Waals surface area contributed by atoms with Gasteiger partial charge in [-0.15, -0.1) is 0 Å². The summed E-state index contributed by atoms with van der Waals surface area (Å²) in [7, 11) is -4.45. The zero-order chi connectivity index (χ0) is 36.3. The average molecular weight is 804 g/mol. The molecule has 13 nitrogen and oxygen atoms in total. The molecule has 0 heterocycles. The van der Waals surface area contributed by atoms with Crippen molar-refractivity contribution in [3.05, 3.63) is 118 Å². The molecule has 260 valence electrons. The molecule has 0 unspecified atom stereocenters. The highest BCUT2D eigenvalue weighted by atomic mass is 79.9. The van der Waals surface area contributed by atoms with Crippen LogP contribution in [-0.4, -0.2) is 44.0 Å². The van der Waals surface area contributed by atoms with E-state index in [0.29, 0.717) is 22.0 Å². The minimum Gasteiger partial charge on any atom is -0.482 e. The van der Waals surface area contributed by atoms with Crippen molar-refractivity contribution in [3.63, 3.8) is 0 Å². The van der Waals surface area contributed by atoms with Crippen LogP contribution >= 0.6 is 39.7 Å². The number of hydrogen-bond acceptors (Lipinski definition) is 10. The Morgan fingerprint density at radius 1 is 0.920 bits per heavy atom. The van der Waals surface area contributed by atoms with Crippen LogP contribution < -0.4 is 30.1 Å². The molecule has 50 heavy (non-hydrogen) atoms. The van der Waals surface area contributed by atoms with Crippen LogP contribution in [0, 0.1) is 0 Å². The molecule has 4 aromatic carbocycles. The van der Waals surface area contributed by atoms with Gasteiger partial charge in [0.2, 0.25) is 0 Å². The van der Waals surface area contributed by atoms with Gasteiger partial charge >= 0.3 is 12.1 Å². The van der Waals surface area contributed by atoms with E-state index in [1.54, 1.807) is 48.5 Å². The fourth-order valence-corrected chi connectivity index (χ4v) is 6.06. The number of amides is 3. The first-order valence-electron chi connectivity index (χ1n) is 14.4. The maximum atomic E-state index is 13.4. The second-order valence-corrected chi connectivity index (χ2v) is 13.6. The molecule has 17 heteroatoms. The Morgan fingerprint density at radius 2 is 1.60 bits per heavy atom. The lowest BCUT2D eigenvalue weighted by Crippen LogP contribution is -2.42. The Balaban J connectivity index is 1.38. The molecule has 1 atom stereocenters. The first-order chi connectivity index (χ1) is 23.8. The SMILES string of the molecule is CC(=O)Oc1ccc([C@H](NC(=O)OCc2ccccc2)C(=O)NS(=O)(=O)c2ccc(NC(=S)NC(=O)COc3ccc(Br)cc3Cl)cc2)cc1. The third-order valence-electron chi connectivity index (χ3n) is 6.38. The van der Waals surface area contributed by atoms with Crippen molar-refractivity contribution < 1.29 is 41.8 Å². The van der Waals surface area contributed by atoms with E-state index < -0.39 is 39.9 Å². The first kappa shape index (κ1) is 37.8. The number of anilines is 1. The molecule has 0 saturated heterocycles. The summed E-state index contributed by atoms with van der Waals surface area (Å²) in [6, 6.07) is 22.8. The minimum atomic E-state index is -4.45. The molecular weight excluding hydrogens is 776 g/mol. The van der Waals surface area contributed by atoms with E-state index in [2.05, 4.69) is 31.9 Å². The van der Waals surface area contributed by atoms with Crippen LogP contribution in [0.5, 0.6) is 11.5 Å². The quantitative estimate of drug-likeness (QED) is 0.0820. The van der Waals surface area contributed by atoms with E-state index >= 15 is 0 Å². The topological polar surface area (TPSA) is 178 Å². The Morgan fingerprint density at radius 3 is 2.24 bits per heavy atom. The molecule has 0 saturated carbocycles. The predicted octanol–water partition coefficient (Wildman–Crippen LogP) is 5.39. The zero-order valence-electron chi connectivity index (χ0n) is 26.0.